The molecule has 0 saturated heterocycles. The SMILES string of the molecule is N=C(N)SCCn1nc2ccccn2c1=O. The van der Waals surface area contributed by atoms with Crippen LogP contribution in [0.2, 0.25) is 0 Å². The van der Waals surface area contributed by atoms with Crippen molar-refractivity contribution in [1.82, 2.24) is 14.2 Å². The number of nitrogens with zero attached hydrogens (tertiary/aromatic N) is 3. The summed E-state index contributed by atoms with van der Waals surface area (Å²) < 4.78 is 2.86. The second-order valence-electron chi connectivity index (χ2n) is 3.15. The summed E-state index contributed by atoms with van der Waals surface area (Å²) >= 11 is 1.20. The molecule has 3 N–H and O–H groups in total. The predicted octanol–water partition coefficient (Wildman–Crippen LogP) is 0.123. The normalized spacial score (nSPS) is 10.8. The number of thioether (sulfide) groups is 1. The average Bonchev–Trinajstić information content (AvgIpc) is 2.56. The van der Waals surface area contributed by atoms with E-state index in [0.717, 1.165) is 0 Å². The Bertz CT molecular complexity index is 573. The fourth-order valence-corrected chi connectivity index (χ4v) is 1.84. The highest BCUT2D eigenvalue weighted by Crippen LogP contribution is 1.99. The van der Waals surface area contributed by atoms with Crippen molar-refractivity contribution in [3.63, 3.8) is 0 Å². The smallest absolute Gasteiger partial charge is 0.350 e. The number of fused-ring (bicyclic) bond motifs is 1. The van der Waals surface area contributed by atoms with E-state index >= 15 is 0 Å². The van der Waals surface area contributed by atoms with Crippen LogP contribution in [0.3, 0.4) is 0 Å². The molecular formula is C9H11N5OS. The van der Waals surface area contributed by atoms with Gasteiger partial charge in [0.1, 0.15) is 0 Å². The van der Waals surface area contributed by atoms with Crippen molar-refractivity contribution in [3.8, 4) is 0 Å². The predicted molar refractivity (Wildman–Crippen MR) is 63.8 cm³/mol. The third-order valence-electron chi connectivity index (χ3n) is 2.05. The minimum absolute atomic E-state index is 0.0526. The molecule has 0 unspecified atom stereocenters. The fourth-order valence-electron chi connectivity index (χ4n) is 1.36. The number of nitrogens with two attached hydrogens (primary N) is 1. The number of hydrogen-bond acceptors (Lipinski definition) is 4. The molecule has 0 amide bonds. The lowest BCUT2D eigenvalue weighted by Crippen LogP contribution is -2.22. The number of nitrogens with one attached hydrogen (secondary N) is 1. The van der Waals surface area contributed by atoms with E-state index in [0.29, 0.717) is 17.9 Å². The van der Waals surface area contributed by atoms with E-state index in [1.807, 2.05) is 6.07 Å². The second kappa shape index (κ2) is 4.40. The molecule has 0 bridgehead atoms. The molecule has 2 heterocycles. The minimum Gasteiger partial charge on any atom is -0.379 e. The highest BCUT2D eigenvalue weighted by atomic mass is 32.2. The van der Waals surface area contributed by atoms with E-state index in [1.165, 1.54) is 20.8 Å². The summed E-state index contributed by atoms with van der Waals surface area (Å²) in [5, 5.41) is 11.3. The van der Waals surface area contributed by atoms with E-state index in [9.17, 15) is 4.79 Å². The molecular weight excluding hydrogens is 226 g/mol. The Morgan fingerprint density at radius 1 is 1.56 bits per heavy atom. The number of amidine groups is 1. The molecule has 84 valence electrons. The van der Waals surface area contributed by atoms with Gasteiger partial charge in [0.05, 0.1) is 6.54 Å². The molecule has 0 aliphatic rings. The molecule has 0 aliphatic heterocycles. The van der Waals surface area contributed by atoms with Crippen molar-refractivity contribution in [3.05, 3.63) is 34.9 Å². The molecule has 2 aromatic heterocycles. The van der Waals surface area contributed by atoms with Gasteiger partial charge in [-0.25, -0.2) is 9.48 Å². The maximum absolute atomic E-state index is 11.8. The molecule has 16 heavy (non-hydrogen) atoms. The van der Waals surface area contributed by atoms with Crippen molar-refractivity contribution in [2.75, 3.05) is 5.75 Å². The molecule has 2 rings (SSSR count). The van der Waals surface area contributed by atoms with Gasteiger partial charge in [-0.2, -0.15) is 0 Å². The van der Waals surface area contributed by atoms with Gasteiger partial charge in [0, 0.05) is 11.9 Å². The van der Waals surface area contributed by atoms with Gasteiger partial charge in [0.25, 0.3) is 0 Å². The van der Waals surface area contributed by atoms with E-state index < -0.39 is 0 Å². The number of aryl methyl sites for hydroxylation is 1. The molecule has 2 aromatic rings. The molecule has 7 heteroatoms. The Labute approximate surface area is 95.6 Å². The van der Waals surface area contributed by atoms with E-state index in [2.05, 4.69) is 5.10 Å². The van der Waals surface area contributed by atoms with Crippen molar-refractivity contribution >= 4 is 22.6 Å². The lowest BCUT2D eigenvalue weighted by atomic mass is 10.5. The minimum atomic E-state index is -0.167. The zero-order valence-corrected chi connectivity index (χ0v) is 9.28. The maximum Gasteiger partial charge on any atom is 0.350 e. The van der Waals surface area contributed by atoms with Gasteiger partial charge in [0.15, 0.2) is 10.8 Å². The van der Waals surface area contributed by atoms with Gasteiger partial charge in [-0.3, -0.25) is 9.81 Å². The van der Waals surface area contributed by atoms with Crippen LogP contribution in [0.4, 0.5) is 0 Å². The van der Waals surface area contributed by atoms with Gasteiger partial charge in [-0.1, -0.05) is 17.8 Å². The first kappa shape index (κ1) is 10.7. The van der Waals surface area contributed by atoms with Gasteiger partial charge < -0.3 is 5.73 Å². The van der Waals surface area contributed by atoms with E-state index in [-0.39, 0.29) is 10.9 Å². The Balaban J connectivity index is 2.22. The highest BCUT2D eigenvalue weighted by Gasteiger charge is 2.05. The molecule has 0 spiro atoms. The second-order valence-corrected chi connectivity index (χ2v) is 4.28. The Hall–Kier alpha value is -1.76. The standard InChI is InChI=1S/C9H11N5OS/c10-8(11)16-6-5-14-9(15)13-4-2-1-3-7(13)12-14/h1-4H,5-6H2,(H3,10,11). The van der Waals surface area contributed by atoms with Crippen LogP contribution in [0, 0.1) is 5.41 Å². The summed E-state index contributed by atoms with van der Waals surface area (Å²) in [6, 6.07) is 5.39. The topological polar surface area (TPSA) is 89.2 Å². The number of aromatic nitrogens is 3. The Kier molecular flexibility index (Phi) is 2.95. The van der Waals surface area contributed by atoms with Crippen molar-refractivity contribution in [2.24, 2.45) is 5.73 Å². The third-order valence-corrected chi connectivity index (χ3v) is 2.75. The first-order valence-electron chi connectivity index (χ1n) is 4.69. The summed E-state index contributed by atoms with van der Waals surface area (Å²) in [5.41, 5.74) is 5.66. The third kappa shape index (κ3) is 2.08. The number of pyridine rings is 1. The van der Waals surface area contributed by atoms with Crippen LogP contribution >= 0.6 is 11.8 Å². The van der Waals surface area contributed by atoms with Crippen LogP contribution in [0.15, 0.2) is 29.2 Å². The summed E-state index contributed by atoms with van der Waals surface area (Å²) in [4.78, 5) is 11.8. The highest BCUT2D eigenvalue weighted by molar-refractivity contribution is 8.13. The Morgan fingerprint density at radius 2 is 2.38 bits per heavy atom. The van der Waals surface area contributed by atoms with Gasteiger partial charge >= 0.3 is 5.69 Å². The zero-order chi connectivity index (χ0) is 11.5. The molecule has 0 atom stereocenters. The summed E-state index contributed by atoms with van der Waals surface area (Å²) in [6.45, 7) is 0.449. The molecule has 0 aromatic carbocycles. The van der Waals surface area contributed by atoms with Gasteiger partial charge in [-0.05, 0) is 12.1 Å². The average molecular weight is 237 g/mol. The van der Waals surface area contributed by atoms with Crippen molar-refractivity contribution < 1.29 is 0 Å². The lowest BCUT2D eigenvalue weighted by molar-refractivity contribution is 0.640. The van der Waals surface area contributed by atoms with Crippen LogP contribution in [-0.2, 0) is 6.54 Å². The largest absolute Gasteiger partial charge is 0.379 e. The monoisotopic (exact) mass is 237 g/mol. The first-order valence-corrected chi connectivity index (χ1v) is 5.68. The van der Waals surface area contributed by atoms with Crippen LogP contribution in [0.5, 0.6) is 0 Å². The van der Waals surface area contributed by atoms with Crippen LogP contribution < -0.4 is 11.4 Å². The molecule has 0 fully saturated rings. The van der Waals surface area contributed by atoms with Gasteiger partial charge in [0.2, 0.25) is 0 Å². The molecule has 0 saturated carbocycles. The van der Waals surface area contributed by atoms with Crippen molar-refractivity contribution in [2.45, 2.75) is 6.54 Å². The fraction of sp³-hybridized carbons (Fsp3) is 0.222. The van der Waals surface area contributed by atoms with Crippen LogP contribution in [0.1, 0.15) is 0 Å². The maximum atomic E-state index is 11.8. The Morgan fingerprint density at radius 3 is 3.06 bits per heavy atom. The lowest BCUT2D eigenvalue weighted by Gasteiger charge is -1.97. The van der Waals surface area contributed by atoms with Crippen LogP contribution in [-0.4, -0.2) is 25.1 Å². The van der Waals surface area contributed by atoms with Gasteiger partial charge in [-0.15, -0.1) is 5.10 Å². The quantitative estimate of drug-likeness (QED) is 0.586. The molecule has 0 aliphatic carbocycles. The zero-order valence-electron chi connectivity index (χ0n) is 8.46. The molecule has 0 radical (unpaired) electrons. The van der Waals surface area contributed by atoms with Crippen molar-refractivity contribution in [1.29, 1.82) is 5.41 Å². The van der Waals surface area contributed by atoms with Crippen LogP contribution in [0.25, 0.3) is 5.65 Å². The van der Waals surface area contributed by atoms with E-state index in [4.69, 9.17) is 11.1 Å². The molecule has 6 nitrogen and oxygen atoms in total. The summed E-state index contributed by atoms with van der Waals surface area (Å²) in [5.74, 6) is 0.569. The number of rotatable bonds is 3. The number of hydrogen-bond donors (Lipinski definition) is 2. The van der Waals surface area contributed by atoms with E-state index in [1.54, 1.807) is 18.3 Å². The first-order chi connectivity index (χ1) is 7.68. The summed E-state index contributed by atoms with van der Waals surface area (Å²) in [6.07, 6.45) is 1.68. The summed E-state index contributed by atoms with van der Waals surface area (Å²) in [7, 11) is 0.